The van der Waals surface area contributed by atoms with Crippen LogP contribution < -0.4 is 48.3 Å². The molecule has 0 aromatic carbocycles. The van der Waals surface area contributed by atoms with E-state index in [-0.39, 0.29) is 5.91 Å². The van der Waals surface area contributed by atoms with Crippen molar-refractivity contribution >= 4 is 5.91 Å². The molecule has 15 heteroatoms. The Kier molecular flexibility index (Phi) is 99.0. The SMILES string of the molecule is CC(=O)NCCC(C)(C)C.CC(C)(C)C1CCCNC1.CC(C)(C)C1CCNC1.CC(C)(C)C1CCNCC1.CC(C)(C)CCN.CC(C)CN(CCC(C)(C)C)CC(C)C.CC(C)N(CCC(C)(C)C)C(C)C.CC(C)NCCC(C)(C)C.CC(C)NCCCC(C)(C)C.CCN(CC)CCC(C)(C)C.CCNCCC(C)(C)C.CN(C)CC(C)(C)CC(C)(C)C.CN(C)CCC(C)(C)C.CNCCC(C)(C)C. The predicted molar refractivity (Wildman–Crippen MR) is 668 cm³/mol. The molecule has 3 aliphatic rings. The molecule has 0 radical (unpaired) electrons. The van der Waals surface area contributed by atoms with Crippen LogP contribution in [0.15, 0.2) is 0 Å². The molecule has 0 aromatic heterocycles. The molecule has 3 rings (SSSR count). The highest BCUT2D eigenvalue weighted by atomic mass is 16.1. The van der Waals surface area contributed by atoms with Gasteiger partial charge in [-0.2, -0.15) is 0 Å². The molecule has 0 saturated carbocycles. The second kappa shape index (κ2) is 86.1. The zero-order chi connectivity index (χ0) is 116. The van der Waals surface area contributed by atoms with Gasteiger partial charge in [-0.3, -0.25) is 9.69 Å². The minimum atomic E-state index is 0.0595. The van der Waals surface area contributed by atoms with Crippen LogP contribution in [0.3, 0.4) is 0 Å². The van der Waals surface area contributed by atoms with Crippen molar-refractivity contribution in [3.05, 3.63) is 0 Å². The van der Waals surface area contributed by atoms with E-state index in [2.05, 4.69) is 504 Å². The summed E-state index contributed by atoms with van der Waals surface area (Å²) in [6.45, 7) is 161. The minimum Gasteiger partial charge on any atom is -0.356 e. The molecule has 0 spiro atoms. The van der Waals surface area contributed by atoms with E-state index in [0.29, 0.717) is 105 Å². The molecule has 15 nitrogen and oxygen atoms in total. The lowest BCUT2D eigenvalue weighted by molar-refractivity contribution is -0.119. The molecule has 0 aliphatic carbocycles. The van der Waals surface area contributed by atoms with Crippen molar-refractivity contribution in [2.45, 2.75) is 549 Å². The van der Waals surface area contributed by atoms with E-state index in [0.717, 1.165) is 88.2 Å². The molecule has 3 saturated heterocycles. The number of hydrogen-bond acceptors (Lipinski definition) is 14. The van der Waals surface area contributed by atoms with Crippen molar-refractivity contribution in [2.24, 2.45) is 117 Å². The molecule has 3 fully saturated rings. The van der Waals surface area contributed by atoms with E-state index < -0.39 is 0 Å². The second-order valence-electron chi connectivity index (χ2n) is 63.2. The summed E-state index contributed by atoms with van der Waals surface area (Å²) in [7, 11) is 10.5. The van der Waals surface area contributed by atoms with Gasteiger partial charge in [-0.1, -0.05) is 381 Å². The Labute approximate surface area is 916 Å². The Bertz CT molecular complexity index is 2640. The third-order valence-electron chi connectivity index (χ3n) is 25.0. The molecule has 1 amide bonds. The fourth-order valence-corrected chi connectivity index (χ4v) is 15.9. The summed E-state index contributed by atoms with van der Waals surface area (Å²) in [4.78, 5) is 22.6. The topological polar surface area (TPSA) is 156 Å². The van der Waals surface area contributed by atoms with Gasteiger partial charge in [0.15, 0.2) is 0 Å². The largest absolute Gasteiger partial charge is 0.356 e. The zero-order valence-corrected chi connectivity index (χ0v) is 113. The van der Waals surface area contributed by atoms with Crippen LogP contribution in [0.2, 0.25) is 0 Å². The number of rotatable bonds is 34. The second-order valence-corrected chi connectivity index (χ2v) is 63.2. The lowest BCUT2D eigenvalue weighted by Gasteiger charge is -2.34. The highest BCUT2D eigenvalue weighted by Gasteiger charge is 2.30. The smallest absolute Gasteiger partial charge is 0.216 e. The van der Waals surface area contributed by atoms with Gasteiger partial charge in [-0.05, 0) is 401 Å². The van der Waals surface area contributed by atoms with Gasteiger partial charge in [-0.15, -0.1) is 0 Å². The first-order chi connectivity index (χ1) is 64.2. The fraction of sp³-hybridized carbons (Fsp3) is 0.992. The summed E-state index contributed by atoms with van der Waals surface area (Å²) >= 11 is 0. The maximum atomic E-state index is 10.4. The maximum Gasteiger partial charge on any atom is 0.216 e. The van der Waals surface area contributed by atoms with Crippen molar-refractivity contribution in [2.75, 3.05) is 179 Å². The molecular formula is C129H292N14O. The summed E-state index contributed by atoms with van der Waals surface area (Å²) in [5, 5.41) is 26.2. The maximum absolute atomic E-state index is 10.4. The van der Waals surface area contributed by atoms with Gasteiger partial charge in [0.05, 0.1) is 0 Å². The van der Waals surface area contributed by atoms with Crippen LogP contribution in [0.5, 0.6) is 0 Å². The molecule has 884 valence electrons. The Morgan fingerprint density at radius 1 is 0.347 bits per heavy atom. The Morgan fingerprint density at radius 3 is 0.910 bits per heavy atom. The number of nitrogens with one attached hydrogen (secondary N) is 8. The van der Waals surface area contributed by atoms with E-state index in [1.165, 1.54) is 194 Å². The number of nitrogens with zero attached hydrogens (tertiary/aromatic N) is 5. The van der Waals surface area contributed by atoms with E-state index in [1.807, 2.05) is 7.05 Å². The fourth-order valence-electron chi connectivity index (χ4n) is 15.9. The van der Waals surface area contributed by atoms with Crippen LogP contribution in [-0.2, 0) is 4.79 Å². The first-order valence-electron chi connectivity index (χ1n) is 59.6. The molecule has 3 heterocycles. The lowest BCUT2D eigenvalue weighted by Crippen LogP contribution is -2.38. The number of carbonyl (C=O) groups is 1. The van der Waals surface area contributed by atoms with Crippen LogP contribution in [0.4, 0.5) is 0 Å². The van der Waals surface area contributed by atoms with Gasteiger partial charge in [0, 0.05) is 57.3 Å². The first-order valence-corrected chi connectivity index (χ1v) is 59.6. The van der Waals surface area contributed by atoms with Crippen LogP contribution in [0, 0.1) is 111 Å². The molecule has 2 unspecified atom stereocenters. The summed E-state index contributed by atoms with van der Waals surface area (Å²) in [5.41, 5.74) is 12.3. The Hall–Kier alpha value is -1.05. The summed E-state index contributed by atoms with van der Waals surface area (Å²) in [6, 6.07) is 2.60. The molecular weight excluding hydrogens is 1760 g/mol. The monoisotopic (exact) mass is 2050 g/mol. The van der Waals surface area contributed by atoms with Crippen molar-refractivity contribution in [1.82, 2.24) is 67.0 Å². The first kappa shape index (κ1) is 165. The standard InChI is InChI=1S/C14H31N.C12H27N.C11H25N.2C10H23N.2C9H19N.C9H21N.C8H17NO.C8H17N.2C8H19N.C7H17N.C6H15N/c1-12(2)10-15(11-13(3)4)9-8-14(5,6)7;1-10(2)13(11(3)4)9-8-12(5,6)7;1-10(2,3)8-11(4,5)9-12(6)7;1-9(2)11-8-6-7-10(3,4)5;1-6-11(7-2)9-8-10(3,4)5;1-9(2,3)8-4-6-10-7-5-8;1-9(2,3)8-5-4-6-10-7-8;1-8(2)10-7-6-9(3,4)5;1-7(10)9-6-5-8(2,3)4;1-8(2,3)7-4-5-9-6-7;1-8(2,3)6-7-9(4)5;1-5-9-7-6-8(2,3)4;1-7(2,3)5-6-8-4;1-6(2,3)4-5-7/h12-13H,8-11H2,1-7H3;10-11H,8-9H2,1-7H3;8-9H2,1-7H3;9,11H,6-8H2,1-5H3;6-9H2,1-5H3;2*8,10H,4-7H2,1-3H3;8,10H,6-7H2,1-5H3;5-6H2,1-4H3,(H,9,10);7,9H,4-6H2,1-3H3;6-7H2,1-5H3;9H,5-7H2,1-4H3;8H,5-6H2,1-4H3;4-5,7H2,1-3H3. The van der Waals surface area contributed by atoms with E-state index in [1.54, 1.807) is 6.92 Å². The number of nitrogens with two attached hydrogens (primary N) is 1. The molecule has 3 aliphatic heterocycles. The zero-order valence-electron chi connectivity index (χ0n) is 113. The van der Waals surface area contributed by atoms with Gasteiger partial charge in [0.1, 0.15) is 0 Å². The average molecular weight is 2060 g/mol. The van der Waals surface area contributed by atoms with Gasteiger partial charge in [0.2, 0.25) is 5.91 Å². The lowest BCUT2D eigenvalue weighted by atomic mass is 9.76. The molecule has 0 aromatic rings. The van der Waals surface area contributed by atoms with Crippen LogP contribution in [0.25, 0.3) is 0 Å². The Morgan fingerprint density at radius 2 is 0.667 bits per heavy atom. The number of carbonyl (C=O) groups excluding carboxylic acids is 1. The van der Waals surface area contributed by atoms with Crippen LogP contribution >= 0.6 is 0 Å². The molecule has 10 N–H and O–H groups in total. The Balaban J connectivity index is -0.000000147. The third kappa shape index (κ3) is 159. The highest BCUT2D eigenvalue weighted by molar-refractivity contribution is 5.72. The number of hydrogen-bond donors (Lipinski definition) is 9. The highest BCUT2D eigenvalue weighted by Crippen LogP contribution is 2.36. The summed E-state index contributed by atoms with van der Waals surface area (Å²) in [5.74, 6) is 4.35. The van der Waals surface area contributed by atoms with Crippen molar-refractivity contribution in [3.8, 4) is 0 Å². The van der Waals surface area contributed by atoms with Crippen molar-refractivity contribution < 1.29 is 4.79 Å². The quantitative estimate of drug-likeness (QED) is 0.0281. The third-order valence-corrected chi connectivity index (χ3v) is 25.0. The van der Waals surface area contributed by atoms with Crippen LogP contribution in [-0.4, -0.2) is 234 Å². The van der Waals surface area contributed by atoms with Gasteiger partial charge >= 0.3 is 0 Å². The normalized spacial score (nSPS) is 15.5. The summed E-state index contributed by atoms with van der Waals surface area (Å²) in [6.07, 6.45) is 21.8. The average Bonchev–Trinajstić information content (AvgIpc) is 1.62. The predicted octanol–water partition coefficient (Wildman–Crippen LogP) is 32.9. The molecule has 0 bridgehead atoms. The molecule has 2 atom stereocenters. The van der Waals surface area contributed by atoms with Crippen molar-refractivity contribution in [3.63, 3.8) is 0 Å². The van der Waals surface area contributed by atoms with E-state index >= 15 is 0 Å². The minimum absolute atomic E-state index is 0.0595. The van der Waals surface area contributed by atoms with Crippen LogP contribution in [0.1, 0.15) is 525 Å². The number of amides is 1. The van der Waals surface area contributed by atoms with E-state index in [9.17, 15) is 4.79 Å². The van der Waals surface area contributed by atoms with E-state index in [4.69, 9.17) is 5.73 Å². The van der Waals surface area contributed by atoms with Gasteiger partial charge in [-0.25, -0.2) is 0 Å². The van der Waals surface area contributed by atoms with Gasteiger partial charge < -0.3 is 67.9 Å². The van der Waals surface area contributed by atoms with Gasteiger partial charge in [0.25, 0.3) is 0 Å². The molecule has 144 heavy (non-hydrogen) atoms. The summed E-state index contributed by atoms with van der Waals surface area (Å²) < 4.78 is 0. The van der Waals surface area contributed by atoms with Crippen molar-refractivity contribution in [1.29, 1.82) is 0 Å². The number of piperidine rings is 2.